The van der Waals surface area contributed by atoms with Crippen LogP contribution in [0, 0.1) is 0 Å². The van der Waals surface area contributed by atoms with Gasteiger partial charge in [-0.15, -0.1) is 24.0 Å². The normalized spacial score (nSPS) is 20.8. The Bertz CT molecular complexity index is 496. The van der Waals surface area contributed by atoms with Crippen molar-refractivity contribution < 1.29 is 0 Å². The second-order valence-corrected chi connectivity index (χ2v) is 7.92. The van der Waals surface area contributed by atoms with E-state index >= 15 is 0 Å². The Labute approximate surface area is 161 Å². The zero-order valence-corrected chi connectivity index (χ0v) is 17.7. The quantitative estimate of drug-likeness (QED) is 0.412. The van der Waals surface area contributed by atoms with Crippen molar-refractivity contribution in [2.24, 2.45) is 4.99 Å². The van der Waals surface area contributed by atoms with Gasteiger partial charge in [-0.1, -0.05) is 12.1 Å². The Morgan fingerprint density at radius 1 is 1.26 bits per heavy atom. The average Bonchev–Trinajstić information content (AvgIpc) is 2.95. The molecule has 1 atom stereocenters. The molecule has 0 saturated carbocycles. The minimum absolute atomic E-state index is 0. The molecule has 0 aliphatic carbocycles. The third-order valence-electron chi connectivity index (χ3n) is 4.07. The third-order valence-corrected chi connectivity index (χ3v) is 5.60. The van der Waals surface area contributed by atoms with Gasteiger partial charge >= 0.3 is 0 Å². The van der Waals surface area contributed by atoms with E-state index in [4.69, 9.17) is 0 Å². The van der Waals surface area contributed by atoms with Gasteiger partial charge < -0.3 is 15.5 Å². The van der Waals surface area contributed by atoms with Crippen LogP contribution in [0.2, 0.25) is 0 Å². The maximum Gasteiger partial charge on any atom is 0.191 e. The van der Waals surface area contributed by atoms with Crippen LogP contribution in [-0.4, -0.2) is 44.1 Å². The van der Waals surface area contributed by atoms with E-state index in [1.54, 1.807) is 0 Å². The lowest BCUT2D eigenvalue weighted by atomic mass is 10.1. The maximum atomic E-state index is 4.32. The molecule has 4 nitrogen and oxygen atoms in total. The Morgan fingerprint density at radius 3 is 2.48 bits per heavy atom. The molecule has 23 heavy (non-hydrogen) atoms. The highest BCUT2D eigenvalue weighted by molar-refractivity contribution is 14.0. The van der Waals surface area contributed by atoms with Crippen LogP contribution in [0.1, 0.15) is 25.3 Å². The van der Waals surface area contributed by atoms with Crippen LogP contribution in [0.4, 0.5) is 5.69 Å². The van der Waals surface area contributed by atoms with Crippen LogP contribution >= 0.6 is 35.7 Å². The van der Waals surface area contributed by atoms with E-state index in [2.05, 4.69) is 77.6 Å². The van der Waals surface area contributed by atoms with Gasteiger partial charge in [0.05, 0.1) is 0 Å². The molecular formula is C17H29IN4S. The van der Waals surface area contributed by atoms with Crippen molar-refractivity contribution in [3.8, 4) is 0 Å². The van der Waals surface area contributed by atoms with E-state index in [0.717, 1.165) is 19.0 Å². The summed E-state index contributed by atoms with van der Waals surface area (Å²) in [4.78, 5) is 6.43. The van der Waals surface area contributed by atoms with E-state index in [1.807, 2.05) is 7.05 Å². The van der Waals surface area contributed by atoms with E-state index in [-0.39, 0.29) is 24.0 Å². The minimum atomic E-state index is 0. The van der Waals surface area contributed by atoms with Crippen LogP contribution in [-0.2, 0) is 6.54 Å². The molecule has 0 aromatic heterocycles. The lowest BCUT2D eigenvalue weighted by Gasteiger charge is -2.24. The summed E-state index contributed by atoms with van der Waals surface area (Å²) in [7, 11) is 5.94. The molecule has 0 bridgehead atoms. The van der Waals surface area contributed by atoms with Crippen molar-refractivity contribution in [1.82, 2.24) is 10.6 Å². The van der Waals surface area contributed by atoms with Crippen LogP contribution < -0.4 is 15.5 Å². The fourth-order valence-corrected chi connectivity index (χ4v) is 3.81. The van der Waals surface area contributed by atoms with Gasteiger partial charge in [0.25, 0.3) is 0 Å². The van der Waals surface area contributed by atoms with E-state index < -0.39 is 0 Å². The topological polar surface area (TPSA) is 39.7 Å². The summed E-state index contributed by atoms with van der Waals surface area (Å²) in [6, 6.07) is 8.60. The fraction of sp³-hybridized carbons (Fsp3) is 0.588. The summed E-state index contributed by atoms with van der Waals surface area (Å²) >= 11 is 2.07. The fourth-order valence-electron chi connectivity index (χ4n) is 2.57. The van der Waals surface area contributed by atoms with Crippen LogP contribution in [0.15, 0.2) is 29.3 Å². The predicted molar refractivity (Wildman–Crippen MR) is 114 cm³/mol. The number of aliphatic imine (C=N–C) groups is 1. The molecule has 1 aromatic carbocycles. The molecule has 1 heterocycles. The number of hydrogen-bond donors (Lipinski definition) is 2. The van der Waals surface area contributed by atoms with Gasteiger partial charge in [0.2, 0.25) is 0 Å². The Balaban J connectivity index is 0.00000264. The lowest BCUT2D eigenvalue weighted by Crippen LogP contribution is -2.43. The minimum Gasteiger partial charge on any atom is -0.378 e. The first-order valence-electron chi connectivity index (χ1n) is 7.87. The second kappa shape index (κ2) is 9.61. The highest BCUT2D eigenvalue weighted by Crippen LogP contribution is 2.36. The zero-order valence-electron chi connectivity index (χ0n) is 14.6. The molecule has 1 unspecified atom stereocenters. The number of nitrogens with one attached hydrogen (secondary N) is 2. The summed E-state index contributed by atoms with van der Waals surface area (Å²) in [6.45, 7) is 4.10. The molecule has 6 heteroatoms. The predicted octanol–water partition coefficient (Wildman–Crippen LogP) is 3.32. The number of benzene rings is 1. The van der Waals surface area contributed by atoms with Gasteiger partial charge in [-0.25, -0.2) is 0 Å². The van der Waals surface area contributed by atoms with Crippen molar-refractivity contribution >= 4 is 47.4 Å². The third kappa shape index (κ3) is 6.41. The highest BCUT2D eigenvalue weighted by atomic mass is 127. The number of halogens is 1. The monoisotopic (exact) mass is 448 g/mol. The molecule has 1 aliphatic heterocycles. The molecule has 2 N–H and O–H groups in total. The van der Waals surface area contributed by atoms with Crippen molar-refractivity contribution in [2.45, 2.75) is 31.1 Å². The van der Waals surface area contributed by atoms with Crippen molar-refractivity contribution in [3.63, 3.8) is 0 Å². The Kier molecular flexibility index (Phi) is 8.53. The van der Waals surface area contributed by atoms with Crippen molar-refractivity contribution in [3.05, 3.63) is 29.8 Å². The van der Waals surface area contributed by atoms with Gasteiger partial charge in [-0.3, -0.25) is 4.99 Å². The van der Waals surface area contributed by atoms with Crippen LogP contribution in [0.3, 0.4) is 0 Å². The first kappa shape index (κ1) is 20.4. The molecule has 1 aliphatic rings. The summed E-state index contributed by atoms with van der Waals surface area (Å²) in [5.41, 5.74) is 2.48. The van der Waals surface area contributed by atoms with Gasteiger partial charge in [-0.2, -0.15) is 11.8 Å². The first-order chi connectivity index (χ1) is 10.5. The summed E-state index contributed by atoms with van der Waals surface area (Å²) in [6.07, 6.45) is 2.61. The standard InChI is InChI=1S/C17H28N4S.HI/c1-17(10-5-11-22-17)13-20-16(18-2)19-12-14-6-8-15(9-7-14)21(3)4;/h6-9H,5,10-13H2,1-4H3,(H2,18,19,20);1H. The molecular weight excluding hydrogens is 419 g/mol. The summed E-state index contributed by atoms with van der Waals surface area (Å²) in [5.74, 6) is 2.16. The average molecular weight is 448 g/mol. The molecule has 0 radical (unpaired) electrons. The van der Waals surface area contributed by atoms with Crippen LogP contribution in [0.25, 0.3) is 0 Å². The molecule has 0 amide bonds. The molecule has 2 rings (SSSR count). The number of nitrogens with zero attached hydrogens (tertiary/aromatic N) is 2. The maximum absolute atomic E-state index is 4.32. The number of thioether (sulfide) groups is 1. The lowest BCUT2D eigenvalue weighted by molar-refractivity contribution is 0.584. The number of hydrogen-bond acceptors (Lipinski definition) is 3. The summed E-state index contributed by atoms with van der Waals surface area (Å²) < 4.78 is 0.352. The first-order valence-corrected chi connectivity index (χ1v) is 8.86. The van der Waals surface area contributed by atoms with E-state index in [0.29, 0.717) is 4.75 Å². The Morgan fingerprint density at radius 2 is 1.96 bits per heavy atom. The van der Waals surface area contributed by atoms with E-state index in [1.165, 1.54) is 29.8 Å². The number of rotatable bonds is 5. The van der Waals surface area contributed by atoms with Gasteiger partial charge in [0, 0.05) is 44.7 Å². The van der Waals surface area contributed by atoms with Gasteiger partial charge in [0.1, 0.15) is 0 Å². The van der Waals surface area contributed by atoms with Crippen LogP contribution in [0.5, 0.6) is 0 Å². The van der Waals surface area contributed by atoms with Gasteiger partial charge in [-0.05, 0) is 43.2 Å². The molecule has 1 aromatic rings. The second-order valence-electron chi connectivity index (χ2n) is 6.24. The SMILES string of the molecule is CN=C(NCc1ccc(N(C)C)cc1)NCC1(C)CCCS1.I. The highest BCUT2D eigenvalue weighted by Gasteiger charge is 2.29. The van der Waals surface area contributed by atoms with Crippen molar-refractivity contribution in [1.29, 1.82) is 0 Å². The largest absolute Gasteiger partial charge is 0.378 e. The summed E-state index contributed by atoms with van der Waals surface area (Å²) in [5, 5.41) is 6.85. The zero-order chi connectivity index (χ0) is 16.0. The number of anilines is 1. The van der Waals surface area contributed by atoms with Crippen molar-refractivity contribution in [2.75, 3.05) is 38.3 Å². The molecule has 130 valence electrons. The smallest absolute Gasteiger partial charge is 0.191 e. The van der Waals surface area contributed by atoms with E-state index in [9.17, 15) is 0 Å². The molecule has 0 spiro atoms. The number of guanidine groups is 1. The van der Waals surface area contributed by atoms with Gasteiger partial charge in [0.15, 0.2) is 5.96 Å². The Hall–Kier alpha value is -0.630. The molecule has 1 saturated heterocycles. The molecule has 1 fully saturated rings.